The number of benzene rings is 2. The van der Waals surface area contributed by atoms with E-state index in [0.29, 0.717) is 0 Å². The molecule has 0 aliphatic carbocycles. The van der Waals surface area contributed by atoms with Gasteiger partial charge >= 0.3 is 29.6 Å². The Labute approximate surface area is 142 Å². The molecule has 0 unspecified atom stereocenters. The summed E-state index contributed by atoms with van der Waals surface area (Å²) < 4.78 is 64.1. The summed E-state index contributed by atoms with van der Waals surface area (Å²) in [4.78, 5) is -1.14. The Morgan fingerprint density at radius 1 is 0.905 bits per heavy atom. The van der Waals surface area contributed by atoms with Gasteiger partial charge in [-0.25, -0.2) is 8.42 Å². The van der Waals surface area contributed by atoms with Crippen LogP contribution in [0.15, 0.2) is 34.1 Å². The molecule has 2 rings (SSSR count). The molecular weight excluding hydrogens is 331 g/mol. The fourth-order valence-electron chi connectivity index (χ4n) is 1.82. The van der Waals surface area contributed by atoms with Gasteiger partial charge < -0.3 is 16.0 Å². The van der Waals surface area contributed by atoms with Gasteiger partial charge in [0.25, 0.3) is 10.1 Å². The predicted molar refractivity (Wildman–Crippen MR) is 70.6 cm³/mol. The van der Waals surface area contributed by atoms with Gasteiger partial charge in [-0.2, -0.15) is 8.42 Å². The molecule has 0 aromatic heterocycles. The van der Waals surface area contributed by atoms with E-state index in [1.54, 1.807) is 0 Å². The van der Waals surface area contributed by atoms with Crippen molar-refractivity contribution in [1.82, 2.24) is 0 Å². The minimum Gasteiger partial charge on any atom is -0.744 e. The van der Waals surface area contributed by atoms with Gasteiger partial charge in [0, 0.05) is 16.8 Å². The monoisotopic (exact) mass is 340 g/mol. The standard InChI is InChI=1S/C10H10N2O6S2.Na/c11-8-3-6(19(13,14)15)1-5-2-7(20(16,17)18)4-9(12)10(5)8;/h1-4H,11-12H2,(H,13,14,15)(H,16,17,18);/q;+1/p-1. The van der Waals surface area contributed by atoms with Crippen molar-refractivity contribution in [1.29, 1.82) is 0 Å². The molecule has 0 fully saturated rings. The number of fused-ring (bicyclic) bond motifs is 1. The molecular formula is C10H9N2NaO6S2. The number of rotatable bonds is 2. The van der Waals surface area contributed by atoms with Gasteiger partial charge in [-0.3, -0.25) is 4.55 Å². The number of anilines is 2. The van der Waals surface area contributed by atoms with Crippen LogP contribution in [-0.4, -0.2) is 25.9 Å². The third-order valence-electron chi connectivity index (χ3n) is 2.64. The molecule has 2 aromatic rings. The summed E-state index contributed by atoms with van der Waals surface area (Å²) in [5.41, 5.74) is 11.1. The molecule has 0 aliphatic rings. The van der Waals surface area contributed by atoms with Gasteiger partial charge in [-0.1, -0.05) is 0 Å². The topological polar surface area (TPSA) is 164 Å². The zero-order valence-electron chi connectivity index (χ0n) is 10.8. The van der Waals surface area contributed by atoms with Crippen LogP contribution in [0.4, 0.5) is 11.4 Å². The molecule has 108 valence electrons. The third kappa shape index (κ3) is 3.66. The molecule has 0 amide bonds. The molecule has 11 heteroatoms. The van der Waals surface area contributed by atoms with Gasteiger partial charge in [-0.05, 0) is 29.7 Å². The molecule has 5 N–H and O–H groups in total. The van der Waals surface area contributed by atoms with Crippen LogP contribution in [0.2, 0.25) is 0 Å². The van der Waals surface area contributed by atoms with Gasteiger partial charge in [0.1, 0.15) is 10.1 Å². The van der Waals surface area contributed by atoms with Crippen LogP contribution in [-0.2, 0) is 20.2 Å². The average Bonchev–Trinajstić information content (AvgIpc) is 2.25. The maximum absolute atomic E-state index is 11.1. The minimum atomic E-state index is -4.76. The van der Waals surface area contributed by atoms with E-state index in [0.717, 1.165) is 24.3 Å². The second kappa shape index (κ2) is 5.72. The Morgan fingerprint density at radius 3 is 1.76 bits per heavy atom. The molecule has 0 spiro atoms. The molecule has 8 nitrogen and oxygen atoms in total. The van der Waals surface area contributed by atoms with Crippen LogP contribution >= 0.6 is 0 Å². The Bertz CT molecular complexity index is 851. The van der Waals surface area contributed by atoms with E-state index in [9.17, 15) is 21.4 Å². The number of hydrogen-bond acceptors (Lipinski definition) is 7. The maximum atomic E-state index is 11.1. The quantitative estimate of drug-likeness (QED) is 0.299. The Hall–Kier alpha value is -0.880. The summed E-state index contributed by atoms with van der Waals surface area (Å²) in [7, 11) is -9.29. The van der Waals surface area contributed by atoms with E-state index in [1.807, 2.05) is 0 Å². The summed E-state index contributed by atoms with van der Waals surface area (Å²) in [6.45, 7) is 0. The first-order valence-electron chi connectivity index (χ1n) is 5.06. The van der Waals surface area contributed by atoms with Crippen LogP contribution in [0, 0.1) is 0 Å². The largest absolute Gasteiger partial charge is 1.00 e. The molecule has 0 radical (unpaired) electrons. The van der Waals surface area contributed by atoms with Crippen molar-refractivity contribution < 1.29 is 55.5 Å². The fraction of sp³-hybridized carbons (Fsp3) is 0. The molecule has 0 heterocycles. The predicted octanol–water partition coefficient (Wildman–Crippen LogP) is -2.84. The molecule has 0 saturated heterocycles. The first kappa shape index (κ1) is 18.2. The Morgan fingerprint density at radius 2 is 1.33 bits per heavy atom. The van der Waals surface area contributed by atoms with E-state index in [-0.39, 0.29) is 51.7 Å². The van der Waals surface area contributed by atoms with Crippen molar-refractivity contribution in [3.63, 3.8) is 0 Å². The third-order valence-corrected chi connectivity index (χ3v) is 4.29. The molecule has 0 atom stereocenters. The summed E-state index contributed by atoms with van der Waals surface area (Å²) >= 11 is 0. The second-order valence-electron chi connectivity index (χ2n) is 4.05. The fourth-order valence-corrected chi connectivity index (χ4v) is 2.91. The Balaban J connectivity index is 0.00000220. The summed E-state index contributed by atoms with van der Waals surface area (Å²) in [6.07, 6.45) is 0. The number of hydrogen-bond donors (Lipinski definition) is 3. The number of nitrogen functional groups attached to an aromatic ring is 2. The molecule has 0 saturated carbocycles. The second-order valence-corrected chi connectivity index (χ2v) is 6.85. The minimum absolute atomic E-state index is 0. The van der Waals surface area contributed by atoms with E-state index in [4.69, 9.17) is 16.0 Å². The van der Waals surface area contributed by atoms with Gasteiger partial charge in [0.05, 0.1) is 9.79 Å². The first-order valence-corrected chi connectivity index (χ1v) is 7.91. The van der Waals surface area contributed by atoms with Crippen LogP contribution in [0.5, 0.6) is 0 Å². The first-order chi connectivity index (χ1) is 9.00. The van der Waals surface area contributed by atoms with Crippen molar-refractivity contribution in [2.45, 2.75) is 9.79 Å². The Kier molecular flexibility index (Phi) is 4.95. The molecule has 2 aromatic carbocycles. The maximum Gasteiger partial charge on any atom is 1.00 e. The molecule has 0 bridgehead atoms. The van der Waals surface area contributed by atoms with Gasteiger partial charge in [0.15, 0.2) is 0 Å². The van der Waals surface area contributed by atoms with Crippen molar-refractivity contribution in [3.05, 3.63) is 24.3 Å². The van der Waals surface area contributed by atoms with E-state index in [1.165, 1.54) is 0 Å². The van der Waals surface area contributed by atoms with E-state index < -0.39 is 30.0 Å². The van der Waals surface area contributed by atoms with Crippen molar-refractivity contribution in [2.24, 2.45) is 0 Å². The zero-order valence-corrected chi connectivity index (χ0v) is 14.4. The average molecular weight is 340 g/mol. The summed E-state index contributed by atoms with van der Waals surface area (Å²) in [6, 6.07) is 3.85. The van der Waals surface area contributed by atoms with Crippen molar-refractivity contribution in [2.75, 3.05) is 11.5 Å². The van der Waals surface area contributed by atoms with Crippen LogP contribution in [0.25, 0.3) is 10.8 Å². The normalized spacial score (nSPS) is 12.1. The van der Waals surface area contributed by atoms with E-state index in [2.05, 4.69) is 0 Å². The smallest absolute Gasteiger partial charge is 0.744 e. The SMILES string of the molecule is Nc1cc(S(=O)(=O)[O-])cc2cc(S(=O)(=O)O)cc(N)c12.[Na+]. The zero-order chi connectivity index (χ0) is 15.3. The number of nitrogens with two attached hydrogens (primary N) is 2. The van der Waals surface area contributed by atoms with Gasteiger partial charge in [0.2, 0.25) is 0 Å². The molecule has 21 heavy (non-hydrogen) atoms. The van der Waals surface area contributed by atoms with Crippen LogP contribution in [0.3, 0.4) is 0 Å². The summed E-state index contributed by atoms with van der Waals surface area (Å²) in [5, 5.41) is 0.219. The molecule has 0 aliphatic heterocycles. The van der Waals surface area contributed by atoms with Crippen LogP contribution < -0.4 is 41.0 Å². The van der Waals surface area contributed by atoms with Crippen molar-refractivity contribution >= 4 is 42.4 Å². The summed E-state index contributed by atoms with van der Waals surface area (Å²) in [5.74, 6) is 0. The van der Waals surface area contributed by atoms with Crippen LogP contribution in [0.1, 0.15) is 0 Å². The van der Waals surface area contributed by atoms with E-state index >= 15 is 0 Å². The van der Waals surface area contributed by atoms with Crippen molar-refractivity contribution in [3.8, 4) is 0 Å². The van der Waals surface area contributed by atoms with Gasteiger partial charge in [-0.15, -0.1) is 0 Å².